The van der Waals surface area contributed by atoms with Gasteiger partial charge in [-0.2, -0.15) is 11.3 Å². The monoisotopic (exact) mass is 457 g/mol. The normalized spacial score (nSPS) is 12.3. The average Bonchev–Trinajstić information content (AvgIpc) is 3.41. The fourth-order valence-corrected chi connectivity index (χ4v) is 5.18. The van der Waals surface area contributed by atoms with Crippen molar-refractivity contribution in [2.24, 2.45) is 0 Å². The first kappa shape index (κ1) is 23.5. The van der Waals surface area contributed by atoms with Gasteiger partial charge >= 0.3 is 0 Å². The summed E-state index contributed by atoms with van der Waals surface area (Å²) in [6, 6.07) is 8.66. The minimum absolute atomic E-state index is 0.00514. The lowest BCUT2D eigenvalue weighted by Crippen LogP contribution is -2.38. The Morgan fingerprint density at radius 1 is 1.19 bits per heavy atom. The summed E-state index contributed by atoms with van der Waals surface area (Å²) in [5, 5.41) is 16.7. The van der Waals surface area contributed by atoms with Crippen molar-refractivity contribution >= 4 is 29.0 Å². The second-order valence-corrected chi connectivity index (χ2v) is 9.26. The molecule has 2 heterocycles. The van der Waals surface area contributed by atoms with E-state index < -0.39 is 0 Å². The van der Waals surface area contributed by atoms with E-state index in [9.17, 15) is 4.79 Å². The van der Waals surface area contributed by atoms with Crippen molar-refractivity contribution in [2.45, 2.75) is 45.8 Å². The van der Waals surface area contributed by atoms with Crippen LogP contribution in [0, 0.1) is 20.8 Å². The summed E-state index contributed by atoms with van der Waals surface area (Å²) in [5.41, 5.74) is 4.65. The first-order valence-corrected chi connectivity index (χ1v) is 12.5. The van der Waals surface area contributed by atoms with Gasteiger partial charge in [-0.15, -0.1) is 10.2 Å². The Bertz CT molecular complexity index is 996. The first-order valence-electron chi connectivity index (χ1n) is 10.6. The van der Waals surface area contributed by atoms with Crippen LogP contribution in [0.25, 0.3) is 5.69 Å². The fraction of sp³-hybridized carbons (Fsp3) is 0.435. The molecule has 0 aliphatic heterocycles. The molecule has 3 rings (SSSR count). The Labute approximate surface area is 193 Å². The van der Waals surface area contributed by atoms with Crippen LogP contribution in [0.3, 0.4) is 0 Å². The molecule has 8 heteroatoms. The van der Waals surface area contributed by atoms with E-state index in [0.717, 1.165) is 35.3 Å². The summed E-state index contributed by atoms with van der Waals surface area (Å²) >= 11 is 3.11. The molecule has 0 radical (unpaired) electrons. The number of carbonyl (C=O) groups excluding carboxylic acids is 1. The molecule has 31 heavy (non-hydrogen) atoms. The number of likely N-dealkylation sites (N-methyl/N-ethyl adjacent to an activating group) is 1. The van der Waals surface area contributed by atoms with Gasteiger partial charge in [0, 0.05) is 6.54 Å². The number of carbonyl (C=O) groups is 1. The number of rotatable bonds is 10. The molecular weight excluding hydrogens is 426 g/mol. The van der Waals surface area contributed by atoms with Crippen LogP contribution in [0.4, 0.5) is 0 Å². The zero-order valence-corrected chi connectivity index (χ0v) is 20.5. The molecule has 166 valence electrons. The number of thiophene rings is 1. The van der Waals surface area contributed by atoms with E-state index in [2.05, 4.69) is 83.1 Å². The topological polar surface area (TPSA) is 63.1 Å². The quantitative estimate of drug-likeness (QED) is 0.453. The Kier molecular flexibility index (Phi) is 8.28. The molecule has 6 nitrogen and oxygen atoms in total. The Balaban J connectivity index is 1.66. The summed E-state index contributed by atoms with van der Waals surface area (Å²) < 4.78 is 2.03. The Morgan fingerprint density at radius 2 is 1.97 bits per heavy atom. The molecule has 0 fully saturated rings. The fourth-order valence-electron chi connectivity index (χ4n) is 3.65. The summed E-state index contributed by atoms with van der Waals surface area (Å²) in [6.45, 7) is 12.9. The third-order valence-electron chi connectivity index (χ3n) is 5.41. The van der Waals surface area contributed by atoms with Crippen LogP contribution >= 0.6 is 23.1 Å². The number of aromatic nitrogens is 3. The zero-order valence-electron chi connectivity index (χ0n) is 18.9. The standard InChI is InChI=1S/C23H31N5OS2/c1-6-27(7-2)21(19-10-11-30-14-19)13-24-22(29)15-31-23-26-25-18(5)28(23)20-12-16(3)8-9-17(20)4/h8-12,14,21H,6-7,13,15H2,1-5H3,(H,24,29). The number of nitrogens with zero attached hydrogens (tertiary/aromatic N) is 4. The molecule has 0 bridgehead atoms. The van der Waals surface area contributed by atoms with Gasteiger partial charge in [0.2, 0.25) is 5.91 Å². The molecule has 0 saturated heterocycles. The highest BCUT2D eigenvalue weighted by Gasteiger charge is 2.20. The van der Waals surface area contributed by atoms with Gasteiger partial charge < -0.3 is 5.32 Å². The molecule has 0 saturated carbocycles. The molecule has 1 amide bonds. The Hall–Kier alpha value is -2.16. The highest BCUT2D eigenvalue weighted by molar-refractivity contribution is 7.99. The van der Waals surface area contributed by atoms with Crippen LogP contribution in [-0.2, 0) is 4.79 Å². The van der Waals surface area contributed by atoms with Crippen LogP contribution in [0.5, 0.6) is 0 Å². The van der Waals surface area contributed by atoms with Gasteiger partial charge in [0.05, 0.1) is 17.5 Å². The molecule has 1 unspecified atom stereocenters. The molecule has 1 atom stereocenters. The van der Waals surface area contributed by atoms with E-state index >= 15 is 0 Å². The molecule has 3 aromatic rings. The molecule has 1 aromatic carbocycles. The van der Waals surface area contributed by atoms with Gasteiger partial charge in [-0.3, -0.25) is 14.3 Å². The maximum atomic E-state index is 12.7. The largest absolute Gasteiger partial charge is 0.353 e. The van der Waals surface area contributed by atoms with Gasteiger partial charge in [0.1, 0.15) is 5.82 Å². The molecule has 0 aliphatic rings. The molecule has 0 spiro atoms. The molecule has 0 aliphatic carbocycles. The van der Waals surface area contributed by atoms with Crippen molar-refractivity contribution in [3.8, 4) is 5.69 Å². The third kappa shape index (κ3) is 5.75. The van der Waals surface area contributed by atoms with Crippen LogP contribution in [0.1, 0.15) is 42.4 Å². The number of aryl methyl sites for hydroxylation is 3. The number of thioether (sulfide) groups is 1. The van der Waals surface area contributed by atoms with Gasteiger partial charge in [0.25, 0.3) is 0 Å². The van der Waals surface area contributed by atoms with Crippen molar-refractivity contribution in [3.05, 3.63) is 57.5 Å². The van der Waals surface area contributed by atoms with Crippen LogP contribution in [0.2, 0.25) is 0 Å². The summed E-state index contributed by atoms with van der Waals surface area (Å²) in [4.78, 5) is 15.0. The number of hydrogen-bond acceptors (Lipinski definition) is 6. The van der Waals surface area contributed by atoms with Gasteiger partial charge in [-0.05, 0) is 73.4 Å². The number of hydrogen-bond donors (Lipinski definition) is 1. The Morgan fingerprint density at radius 3 is 2.65 bits per heavy atom. The second-order valence-electron chi connectivity index (χ2n) is 7.54. The lowest BCUT2D eigenvalue weighted by Gasteiger charge is -2.29. The highest BCUT2D eigenvalue weighted by Crippen LogP contribution is 2.25. The van der Waals surface area contributed by atoms with Crippen molar-refractivity contribution < 1.29 is 4.79 Å². The average molecular weight is 458 g/mol. The van der Waals surface area contributed by atoms with Crippen molar-refractivity contribution in [3.63, 3.8) is 0 Å². The van der Waals surface area contributed by atoms with Crippen LogP contribution in [0.15, 0.2) is 40.2 Å². The van der Waals surface area contributed by atoms with E-state index in [4.69, 9.17) is 0 Å². The molecule has 1 N–H and O–H groups in total. The number of amides is 1. The molecule has 2 aromatic heterocycles. The van der Waals surface area contributed by atoms with Crippen molar-refractivity contribution in [2.75, 3.05) is 25.4 Å². The predicted octanol–water partition coefficient (Wildman–Crippen LogP) is 4.55. The summed E-state index contributed by atoms with van der Waals surface area (Å²) in [5.74, 6) is 1.12. The van der Waals surface area contributed by atoms with Crippen LogP contribution in [-0.4, -0.2) is 51.0 Å². The summed E-state index contributed by atoms with van der Waals surface area (Å²) in [6.07, 6.45) is 0. The van der Waals surface area contributed by atoms with Gasteiger partial charge in [-0.25, -0.2) is 0 Å². The zero-order chi connectivity index (χ0) is 22.4. The van der Waals surface area contributed by atoms with E-state index in [1.807, 2.05) is 11.5 Å². The van der Waals surface area contributed by atoms with E-state index in [0.29, 0.717) is 12.3 Å². The van der Waals surface area contributed by atoms with Gasteiger partial charge in [-0.1, -0.05) is 37.7 Å². The van der Waals surface area contributed by atoms with Crippen molar-refractivity contribution in [1.82, 2.24) is 25.0 Å². The smallest absolute Gasteiger partial charge is 0.230 e. The van der Waals surface area contributed by atoms with E-state index in [-0.39, 0.29) is 11.9 Å². The van der Waals surface area contributed by atoms with Gasteiger partial charge in [0.15, 0.2) is 5.16 Å². The number of nitrogens with one attached hydrogen (secondary N) is 1. The second kappa shape index (κ2) is 10.9. The molecular formula is C23H31N5OS2. The summed E-state index contributed by atoms with van der Waals surface area (Å²) in [7, 11) is 0. The lowest BCUT2D eigenvalue weighted by molar-refractivity contribution is -0.118. The van der Waals surface area contributed by atoms with E-state index in [1.54, 1.807) is 11.3 Å². The predicted molar refractivity (Wildman–Crippen MR) is 129 cm³/mol. The van der Waals surface area contributed by atoms with E-state index in [1.165, 1.54) is 22.9 Å². The van der Waals surface area contributed by atoms with Crippen molar-refractivity contribution in [1.29, 1.82) is 0 Å². The maximum absolute atomic E-state index is 12.7. The van der Waals surface area contributed by atoms with Crippen LogP contribution < -0.4 is 5.32 Å². The highest BCUT2D eigenvalue weighted by atomic mass is 32.2. The SMILES string of the molecule is CCN(CC)C(CNC(=O)CSc1nnc(C)n1-c1cc(C)ccc1C)c1ccsc1. The first-order chi connectivity index (χ1) is 14.9. The minimum atomic E-state index is 0.00514. The third-order valence-corrected chi connectivity index (χ3v) is 7.04. The minimum Gasteiger partial charge on any atom is -0.353 e. The lowest BCUT2D eigenvalue weighted by atomic mass is 10.1. The maximum Gasteiger partial charge on any atom is 0.230 e. The number of benzene rings is 1.